The molecule has 4 nitrogen and oxygen atoms in total. The van der Waals surface area contributed by atoms with Crippen molar-refractivity contribution < 1.29 is 4.42 Å². The minimum atomic E-state index is 0.683. The van der Waals surface area contributed by atoms with Gasteiger partial charge >= 0.3 is 0 Å². The Hall–Kier alpha value is -7.21. The van der Waals surface area contributed by atoms with Crippen molar-refractivity contribution in [3.05, 3.63) is 188 Å². The molecule has 5 heteroatoms. The van der Waals surface area contributed by atoms with Crippen LogP contribution in [0.3, 0.4) is 0 Å². The number of hydrogen-bond acceptors (Lipinski definition) is 5. The lowest BCUT2D eigenvalue weighted by Gasteiger charge is -2.11. The minimum Gasteiger partial charge on any atom is -0.455 e. The van der Waals surface area contributed by atoms with Crippen molar-refractivity contribution in [2.45, 2.75) is 0 Å². The van der Waals surface area contributed by atoms with E-state index in [4.69, 9.17) is 14.4 Å². The van der Waals surface area contributed by atoms with Crippen molar-refractivity contribution in [1.29, 1.82) is 0 Å². The number of thiophene rings is 1. The van der Waals surface area contributed by atoms with Crippen LogP contribution >= 0.6 is 11.3 Å². The van der Waals surface area contributed by atoms with Crippen LogP contribution in [-0.2, 0) is 0 Å². The highest BCUT2D eigenvalue weighted by Crippen LogP contribution is 2.44. The van der Waals surface area contributed by atoms with Gasteiger partial charge in [-0.05, 0) is 70.3 Å². The fraction of sp³-hybridized carbons (Fsp3) is 0. The Balaban J connectivity index is 1.00. The van der Waals surface area contributed by atoms with Crippen LogP contribution in [0.1, 0.15) is 0 Å². The molecule has 0 spiro atoms. The van der Waals surface area contributed by atoms with Gasteiger partial charge in [0.25, 0.3) is 0 Å². The third-order valence-electron chi connectivity index (χ3n) is 10.7. The van der Waals surface area contributed by atoms with E-state index in [9.17, 15) is 0 Å². The van der Waals surface area contributed by atoms with Crippen molar-refractivity contribution in [3.63, 3.8) is 0 Å². The summed E-state index contributed by atoms with van der Waals surface area (Å²) in [5.41, 5.74) is 13.3. The molecule has 0 atom stereocenters. The molecule has 11 rings (SSSR count). The van der Waals surface area contributed by atoms with Crippen LogP contribution in [0, 0.1) is 0 Å². The molecule has 11 aromatic rings. The van der Waals surface area contributed by atoms with Gasteiger partial charge in [0.15, 0.2) is 5.82 Å². The molecule has 262 valence electrons. The van der Waals surface area contributed by atoms with Gasteiger partial charge in [0.2, 0.25) is 0 Å². The first-order valence-corrected chi connectivity index (χ1v) is 19.5. The van der Waals surface area contributed by atoms with E-state index in [1.807, 2.05) is 60.1 Å². The standard InChI is InChI=1S/C51H31N3OS/c1-2-8-35(9-3-1)44-31-45(54-51(53-44)37-20-14-32(15-21-37)33-26-28-52-29-27-33)36-18-16-34(17-19-36)39-24-25-40(50-49(39)43-11-4-6-12-46(43)55-50)38-22-23-42-41-10-5-7-13-47(41)56-48(42)30-38/h1-31H. The zero-order valence-corrected chi connectivity index (χ0v) is 30.9. The number of furan rings is 1. The quantitative estimate of drug-likeness (QED) is 0.171. The summed E-state index contributed by atoms with van der Waals surface area (Å²) in [4.78, 5) is 14.3. The minimum absolute atomic E-state index is 0.683. The first kappa shape index (κ1) is 32.2. The van der Waals surface area contributed by atoms with E-state index in [-0.39, 0.29) is 0 Å². The molecule has 56 heavy (non-hydrogen) atoms. The Morgan fingerprint density at radius 1 is 0.393 bits per heavy atom. The van der Waals surface area contributed by atoms with Crippen LogP contribution in [-0.4, -0.2) is 15.0 Å². The van der Waals surface area contributed by atoms with Gasteiger partial charge in [0.1, 0.15) is 11.2 Å². The molecular weight excluding hydrogens is 703 g/mol. The predicted octanol–water partition coefficient (Wildman–Crippen LogP) is 14.1. The van der Waals surface area contributed by atoms with Gasteiger partial charge in [-0.1, -0.05) is 133 Å². The average Bonchev–Trinajstić information content (AvgIpc) is 3.85. The molecule has 0 unspecified atom stereocenters. The third-order valence-corrected chi connectivity index (χ3v) is 11.8. The monoisotopic (exact) mass is 733 g/mol. The third kappa shape index (κ3) is 5.56. The van der Waals surface area contributed by atoms with Gasteiger partial charge in [-0.2, -0.15) is 0 Å². The molecule has 7 aromatic carbocycles. The molecule has 0 saturated carbocycles. The number of nitrogens with zero attached hydrogens (tertiary/aromatic N) is 3. The van der Waals surface area contributed by atoms with Crippen LogP contribution in [0.15, 0.2) is 193 Å². The number of hydrogen-bond donors (Lipinski definition) is 0. The topological polar surface area (TPSA) is 51.8 Å². The Morgan fingerprint density at radius 2 is 0.982 bits per heavy atom. The van der Waals surface area contributed by atoms with Crippen LogP contribution in [0.25, 0.3) is 109 Å². The average molecular weight is 734 g/mol. The lowest BCUT2D eigenvalue weighted by Crippen LogP contribution is -1.96. The van der Waals surface area contributed by atoms with Crippen LogP contribution in [0.2, 0.25) is 0 Å². The van der Waals surface area contributed by atoms with E-state index in [1.54, 1.807) is 0 Å². The molecule has 0 amide bonds. The van der Waals surface area contributed by atoms with Gasteiger partial charge in [0, 0.05) is 65.6 Å². The summed E-state index contributed by atoms with van der Waals surface area (Å²) >= 11 is 1.84. The van der Waals surface area contributed by atoms with Crippen molar-refractivity contribution in [3.8, 4) is 67.3 Å². The van der Waals surface area contributed by atoms with Crippen molar-refractivity contribution in [2.24, 2.45) is 0 Å². The van der Waals surface area contributed by atoms with E-state index >= 15 is 0 Å². The number of rotatable bonds is 6. The fourth-order valence-corrected chi connectivity index (χ4v) is 8.99. The van der Waals surface area contributed by atoms with E-state index in [1.165, 1.54) is 20.2 Å². The van der Waals surface area contributed by atoms with E-state index < -0.39 is 0 Å². The largest absolute Gasteiger partial charge is 0.455 e. The lowest BCUT2D eigenvalue weighted by molar-refractivity contribution is 0.670. The van der Waals surface area contributed by atoms with Crippen molar-refractivity contribution in [1.82, 2.24) is 15.0 Å². The number of pyridine rings is 1. The molecular formula is C51H31N3OS. The molecule has 0 N–H and O–H groups in total. The van der Waals surface area contributed by atoms with Gasteiger partial charge in [-0.25, -0.2) is 9.97 Å². The summed E-state index contributed by atoms with van der Waals surface area (Å²) in [5.74, 6) is 0.683. The molecule has 0 saturated heterocycles. The Bertz CT molecular complexity index is 3220. The summed E-state index contributed by atoms with van der Waals surface area (Å²) in [6, 6.07) is 61.8. The summed E-state index contributed by atoms with van der Waals surface area (Å²) < 4.78 is 9.27. The van der Waals surface area contributed by atoms with Crippen molar-refractivity contribution in [2.75, 3.05) is 0 Å². The first-order valence-electron chi connectivity index (χ1n) is 18.7. The SMILES string of the molecule is c1ccc(-c2cc(-c3ccc(-c4ccc(-c5ccc6c(c5)sc5ccccc56)c5oc6ccccc6c45)cc3)nc(-c3ccc(-c4ccncc4)cc3)n2)cc1. The van der Waals surface area contributed by atoms with E-state index in [0.717, 1.165) is 83.4 Å². The Labute approximate surface area is 327 Å². The molecule has 0 fully saturated rings. The molecule has 0 aliphatic carbocycles. The fourth-order valence-electron chi connectivity index (χ4n) is 7.85. The Morgan fingerprint density at radius 3 is 1.79 bits per heavy atom. The van der Waals surface area contributed by atoms with Crippen molar-refractivity contribution >= 4 is 53.4 Å². The zero-order chi connectivity index (χ0) is 37.0. The van der Waals surface area contributed by atoms with E-state index in [0.29, 0.717) is 5.82 Å². The number of fused-ring (bicyclic) bond motifs is 6. The van der Waals surface area contributed by atoms with Crippen LogP contribution < -0.4 is 0 Å². The normalized spacial score (nSPS) is 11.6. The van der Waals surface area contributed by atoms with Gasteiger partial charge in [-0.3, -0.25) is 4.98 Å². The Kier molecular flexibility index (Phi) is 7.64. The summed E-state index contributed by atoms with van der Waals surface area (Å²) in [5, 5.41) is 4.82. The zero-order valence-electron chi connectivity index (χ0n) is 30.1. The van der Waals surface area contributed by atoms with Gasteiger partial charge in [0.05, 0.1) is 11.4 Å². The van der Waals surface area contributed by atoms with Gasteiger partial charge < -0.3 is 4.42 Å². The van der Waals surface area contributed by atoms with Crippen LogP contribution in [0.4, 0.5) is 0 Å². The summed E-state index contributed by atoms with van der Waals surface area (Å²) in [6.45, 7) is 0. The molecule has 4 aromatic heterocycles. The highest BCUT2D eigenvalue weighted by Gasteiger charge is 2.19. The van der Waals surface area contributed by atoms with E-state index in [2.05, 4.69) is 145 Å². The molecule has 0 aliphatic heterocycles. The van der Waals surface area contributed by atoms with Gasteiger partial charge in [-0.15, -0.1) is 11.3 Å². The number of benzene rings is 7. The second kappa shape index (κ2) is 13.3. The summed E-state index contributed by atoms with van der Waals surface area (Å²) in [7, 11) is 0. The maximum atomic E-state index is 6.69. The molecule has 4 heterocycles. The second-order valence-electron chi connectivity index (χ2n) is 14.0. The molecule has 0 aliphatic rings. The predicted molar refractivity (Wildman–Crippen MR) is 233 cm³/mol. The highest BCUT2D eigenvalue weighted by molar-refractivity contribution is 7.25. The number of aromatic nitrogens is 3. The maximum absolute atomic E-state index is 6.69. The lowest BCUT2D eigenvalue weighted by atomic mass is 9.93. The summed E-state index contributed by atoms with van der Waals surface area (Å²) in [6.07, 6.45) is 3.63. The smallest absolute Gasteiger partial charge is 0.160 e. The first-order chi connectivity index (χ1) is 27.7. The maximum Gasteiger partial charge on any atom is 0.160 e. The molecule has 0 radical (unpaired) electrons. The molecule has 0 bridgehead atoms. The van der Waals surface area contributed by atoms with Crippen LogP contribution in [0.5, 0.6) is 0 Å². The number of para-hydroxylation sites is 1. The second-order valence-corrected chi connectivity index (χ2v) is 15.1. The highest BCUT2D eigenvalue weighted by atomic mass is 32.1.